The summed E-state index contributed by atoms with van der Waals surface area (Å²) in [6.45, 7) is 5.00. The van der Waals surface area contributed by atoms with Gasteiger partial charge in [0.25, 0.3) is 0 Å². The fourth-order valence-corrected chi connectivity index (χ4v) is 2.02. The van der Waals surface area contributed by atoms with Gasteiger partial charge in [-0.15, -0.1) is 0 Å². The third-order valence-corrected chi connectivity index (χ3v) is 3.36. The zero-order valence-electron chi connectivity index (χ0n) is 11.7. The number of ether oxygens (including phenoxy) is 2. The Morgan fingerprint density at radius 3 is 2.40 bits per heavy atom. The zero-order chi connectivity index (χ0) is 14.5. The molecule has 0 saturated heterocycles. The quantitative estimate of drug-likeness (QED) is 0.669. The van der Waals surface area contributed by atoms with Gasteiger partial charge in [-0.05, 0) is 49.2 Å². The Hall–Kier alpha value is -1.87. The van der Waals surface area contributed by atoms with E-state index in [0.717, 1.165) is 11.3 Å². The standard InChI is InChI=1S/C16H18ClNO2/c1-11-4-3-5-15(12(11)2)19-8-9-20-16-7-6-13(17)10-14(16)18/h3-7,10H,8-9,18H2,1-2H3. The van der Waals surface area contributed by atoms with Crippen LogP contribution in [0.25, 0.3) is 0 Å². The van der Waals surface area contributed by atoms with Gasteiger partial charge in [0.05, 0.1) is 5.69 Å². The highest BCUT2D eigenvalue weighted by Gasteiger charge is 2.03. The summed E-state index contributed by atoms with van der Waals surface area (Å²) in [5, 5.41) is 0.599. The first-order valence-electron chi connectivity index (χ1n) is 6.45. The van der Waals surface area contributed by atoms with Crippen LogP contribution in [0.5, 0.6) is 11.5 Å². The molecular formula is C16H18ClNO2. The molecule has 3 nitrogen and oxygen atoms in total. The minimum Gasteiger partial charge on any atom is -0.490 e. The molecule has 0 amide bonds. The number of halogens is 1. The molecule has 0 atom stereocenters. The number of aryl methyl sites for hydroxylation is 1. The van der Waals surface area contributed by atoms with Gasteiger partial charge < -0.3 is 15.2 Å². The molecule has 0 bridgehead atoms. The summed E-state index contributed by atoms with van der Waals surface area (Å²) in [5.41, 5.74) is 8.70. The minimum absolute atomic E-state index is 0.430. The molecule has 0 spiro atoms. The van der Waals surface area contributed by atoms with Crippen LogP contribution in [0.1, 0.15) is 11.1 Å². The second-order valence-electron chi connectivity index (χ2n) is 4.58. The normalized spacial score (nSPS) is 10.3. The lowest BCUT2D eigenvalue weighted by molar-refractivity contribution is 0.217. The summed E-state index contributed by atoms with van der Waals surface area (Å²) in [5.74, 6) is 1.51. The molecule has 0 saturated carbocycles. The van der Waals surface area contributed by atoms with E-state index in [0.29, 0.717) is 29.7 Å². The first-order chi connectivity index (χ1) is 9.58. The predicted molar refractivity (Wildman–Crippen MR) is 82.8 cm³/mol. The van der Waals surface area contributed by atoms with Crippen molar-refractivity contribution in [1.82, 2.24) is 0 Å². The Labute approximate surface area is 124 Å². The molecule has 2 aromatic carbocycles. The topological polar surface area (TPSA) is 44.5 Å². The number of hydrogen-bond acceptors (Lipinski definition) is 3. The van der Waals surface area contributed by atoms with E-state index in [-0.39, 0.29) is 0 Å². The van der Waals surface area contributed by atoms with Gasteiger partial charge in [0, 0.05) is 5.02 Å². The van der Waals surface area contributed by atoms with Crippen LogP contribution in [0.15, 0.2) is 36.4 Å². The molecule has 0 fully saturated rings. The van der Waals surface area contributed by atoms with Crippen molar-refractivity contribution in [3.63, 3.8) is 0 Å². The highest BCUT2D eigenvalue weighted by molar-refractivity contribution is 6.30. The van der Waals surface area contributed by atoms with Gasteiger partial charge in [0.15, 0.2) is 0 Å². The van der Waals surface area contributed by atoms with Gasteiger partial charge >= 0.3 is 0 Å². The van der Waals surface area contributed by atoms with Gasteiger partial charge in [0.2, 0.25) is 0 Å². The van der Waals surface area contributed by atoms with E-state index in [1.54, 1.807) is 18.2 Å². The first-order valence-corrected chi connectivity index (χ1v) is 6.82. The number of nitrogens with two attached hydrogens (primary N) is 1. The van der Waals surface area contributed by atoms with Gasteiger partial charge in [-0.1, -0.05) is 23.7 Å². The van der Waals surface area contributed by atoms with E-state index in [4.69, 9.17) is 26.8 Å². The van der Waals surface area contributed by atoms with Crippen molar-refractivity contribution in [2.24, 2.45) is 0 Å². The lowest BCUT2D eigenvalue weighted by Crippen LogP contribution is -2.10. The third-order valence-electron chi connectivity index (χ3n) is 3.13. The second kappa shape index (κ2) is 6.53. The van der Waals surface area contributed by atoms with E-state index in [1.165, 1.54) is 5.56 Å². The van der Waals surface area contributed by atoms with Crippen LogP contribution in [0, 0.1) is 13.8 Å². The molecule has 2 aromatic rings. The smallest absolute Gasteiger partial charge is 0.142 e. The maximum atomic E-state index is 5.83. The molecule has 106 valence electrons. The molecule has 0 aromatic heterocycles. The molecule has 20 heavy (non-hydrogen) atoms. The molecule has 0 radical (unpaired) electrons. The second-order valence-corrected chi connectivity index (χ2v) is 5.01. The Kier molecular flexibility index (Phi) is 4.74. The summed E-state index contributed by atoms with van der Waals surface area (Å²) >= 11 is 5.83. The van der Waals surface area contributed by atoms with Crippen molar-refractivity contribution in [2.75, 3.05) is 18.9 Å². The fraction of sp³-hybridized carbons (Fsp3) is 0.250. The van der Waals surface area contributed by atoms with Crippen molar-refractivity contribution >= 4 is 17.3 Å². The van der Waals surface area contributed by atoms with E-state index in [1.807, 2.05) is 19.1 Å². The average Bonchev–Trinajstić information content (AvgIpc) is 2.41. The predicted octanol–water partition coefficient (Wildman–Crippen LogP) is 4.00. The number of benzene rings is 2. The number of anilines is 1. The van der Waals surface area contributed by atoms with Crippen molar-refractivity contribution in [3.8, 4) is 11.5 Å². The minimum atomic E-state index is 0.430. The molecule has 2 rings (SSSR count). The Bertz CT molecular complexity index is 599. The Balaban J connectivity index is 1.86. The highest BCUT2D eigenvalue weighted by atomic mass is 35.5. The molecule has 0 aliphatic heterocycles. The fourth-order valence-electron chi connectivity index (χ4n) is 1.83. The summed E-state index contributed by atoms with van der Waals surface area (Å²) in [7, 11) is 0. The number of hydrogen-bond donors (Lipinski definition) is 1. The average molecular weight is 292 g/mol. The van der Waals surface area contributed by atoms with Crippen LogP contribution in [-0.2, 0) is 0 Å². The van der Waals surface area contributed by atoms with Crippen LogP contribution in [0.2, 0.25) is 5.02 Å². The summed E-state index contributed by atoms with van der Waals surface area (Å²) < 4.78 is 11.3. The van der Waals surface area contributed by atoms with Gasteiger partial charge in [0.1, 0.15) is 24.7 Å². The van der Waals surface area contributed by atoms with Crippen LogP contribution in [-0.4, -0.2) is 13.2 Å². The molecule has 2 N–H and O–H groups in total. The summed E-state index contributed by atoms with van der Waals surface area (Å²) in [6, 6.07) is 11.2. The maximum absolute atomic E-state index is 5.83. The molecule has 0 unspecified atom stereocenters. The lowest BCUT2D eigenvalue weighted by atomic mass is 10.1. The van der Waals surface area contributed by atoms with Crippen molar-refractivity contribution < 1.29 is 9.47 Å². The monoisotopic (exact) mass is 291 g/mol. The van der Waals surface area contributed by atoms with E-state index in [2.05, 4.69) is 13.0 Å². The number of nitrogen functional groups attached to an aromatic ring is 1. The first kappa shape index (κ1) is 14.5. The van der Waals surface area contributed by atoms with Gasteiger partial charge in [-0.2, -0.15) is 0 Å². The molecule has 0 aliphatic rings. The molecule has 4 heteroatoms. The molecule has 0 heterocycles. The highest BCUT2D eigenvalue weighted by Crippen LogP contribution is 2.25. The zero-order valence-corrected chi connectivity index (χ0v) is 12.4. The lowest BCUT2D eigenvalue weighted by Gasteiger charge is -2.12. The van der Waals surface area contributed by atoms with Crippen LogP contribution in [0.4, 0.5) is 5.69 Å². The van der Waals surface area contributed by atoms with Crippen molar-refractivity contribution in [2.45, 2.75) is 13.8 Å². The number of rotatable bonds is 5. The molecular weight excluding hydrogens is 274 g/mol. The van der Waals surface area contributed by atoms with Crippen molar-refractivity contribution in [1.29, 1.82) is 0 Å². The van der Waals surface area contributed by atoms with Crippen molar-refractivity contribution in [3.05, 3.63) is 52.5 Å². The maximum Gasteiger partial charge on any atom is 0.142 e. The summed E-state index contributed by atoms with van der Waals surface area (Å²) in [6.07, 6.45) is 0. The summed E-state index contributed by atoms with van der Waals surface area (Å²) in [4.78, 5) is 0. The van der Waals surface area contributed by atoms with Crippen LogP contribution in [0.3, 0.4) is 0 Å². The van der Waals surface area contributed by atoms with E-state index < -0.39 is 0 Å². The van der Waals surface area contributed by atoms with Gasteiger partial charge in [-0.25, -0.2) is 0 Å². The molecule has 0 aliphatic carbocycles. The van der Waals surface area contributed by atoms with E-state index >= 15 is 0 Å². The Morgan fingerprint density at radius 2 is 1.70 bits per heavy atom. The third kappa shape index (κ3) is 3.58. The van der Waals surface area contributed by atoms with Crippen LogP contribution >= 0.6 is 11.6 Å². The Morgan fingerprint density at radius 1 is 1.00 bits per heavy atom. The van der Waals surface area contributed by atoms with E-state index in [9.17, 15) is 0 Å². The van der Waals surface area contributed by atoms with Gasteiger partial charge in [-0.3, -0.25) is 0 Å². The van der Waals surface area contributed by atoms with Crippen LogP contribution < -0.4 is 15.2 Å². The SMILES string of the molecule is Cc1cccc(OCCOc2ccc(Cl)cc2N)c1C. The largest absolute Gasteiger partial charge is 0.490 e.